The zero-order valence-electron chi connectivity index (χ0n) is 16.7. The monoisotopic (exact) mass is 482 g/mol. The summed E-state index contributed by atoms with van der Waals surface area (Å²) in [6, 6.07) is 20.3. The molecule has 158 valence electrons. The van der Waals surface area contributed by atoms with Gasteiger partial charge in [0.1, 0.15) is 18.1 Å². The first-order valence-electron chi connectivity index (χ1n) is 9.37. The first-order valence-corrected chi connectivity index (χ1v) is 10.2. The van der Waals surface area contributed by atoms with E-state index in [4.69, 9.17) is 14.2 Å². The zero-order valence-corrected chi connectivity index (χ0v) is 18.3. The number of hydrogen-bond acceptors (Lipinski definition) is 6. The number of rotatable bonds is 8. The third kappa shape index (κ3) is 6.79. The summed E-state index contributed by atoms with van der Waals surface area (Å²) in [6.45, 7) is 1.26. The van der Waals surface area contributed by atoms with E-state index < -0.39 is 11.9 Å². The average molecular weight is 483 g/mol. The summed E-state index contributed by atoms with van der Waals surface area (Å²) in [4.78, 5) is 35.3. The van der Waals surface area contributed by atoms with Gasteiger partial charge in [-0.25, -0.2) is 4.79 Å². The standard InChI is InChI=1S/C24H19BrO6/c1-16(26)31-22-10-6-18(7-11-22)23(27)15-30-24(28)19-4-2-17(3-5-19)14-29-21-12-8-20(25)9-13-21/h2-13H,14-15H2,1H3. The van der Waals surface area contributed by atoms with Gasteiger partial charge < -0.3 is 14.2 Å². The van der Waals surface area contributed by atoms with Gasteiger partial charge in [-0.1, -0.05) is 28.1 Å². The molecule has 0 saturated heterocycles. The van der Waals surface area contributed by atoms with Crippen LogP contribution >= 0.6 is 15.9 Å². The Morgan fingerprint density at radius 1 is 0.774 bits per heavy atom. The van der Waals surface area contributed by atoms with E-state index in [-0.39, 0.29) is 12.4 Å². The molecule has 7 heteroatoms. The van der Waals surface area contributed by atoms with E-state index in [0.717, 1.165) is 15.8 Å². The van der Waals surface area contributed by atoms with Crippen LogP contribution in [-0.4, -0.2) is 24.3 Å². The molecule has 0 amide bonds. The fraction of sp³-hybridized carbons (Fsp3) is 0.125. The second-order valence-electron chi connectivity index (χ2n) is 6.56. The summed E-state index contributed by atoms with van der Waals surface area (Å²) in [7, 11) is 0. The van der Waals surface area contributed by atoms with Gasteiger partial charge in [-0.15, -0.1) is 0 Å². The Labute approximate surface area is 187 Å². The van der Waals surface area contributed by atoms with Gasteiger partial charge in [0, 0.05) is 17.0 Å². The molecule has 31 heavy (non-hydrogen) atoms. The van der Waals surface area contributed by atoms with Crippen LogP contribution in [0.2, 0.25) is 0 Å². The first kappa shape index (κ1) is 22.2. The van der Waals surface area contributed by atoms with Gasteiger partial charge in [0.2, 0.25) is 0 Å². The molecule has 6 nitrogen and oxygen atoms in total. The maximum atomic E-state index is 12.2. The van der Waals surface area contributed by atoms with Crippen molar-refractivity contribution >= 4 is 33.7 Å². The summed E-state index contributed by atoms with van der Waals surface area (Å²) in [5.41, 5.74) is 1.58. The summed E-state index contributed by atoms with van der Waals surface area (Å²) >= 11 is 3.37. The van der Waals surface area contributed by atoms with Gasteiger partial charge in [0.05, 0.1) is 5.56 Å². The number of esters is 2. The van der Waals surface area contributed by atoms with Crippen LogP contribution in [0.5, 0.6) is 11.5 Å². The Hall–Kier alpha value is -3.45. The van der Waals surface area contributed by atoms with Crippen molar-refractivity contribution in [3.63, 3.8) is 0 Å². The molecular formula is C24H19BrO6. The van der Waals surface area contributed by atoms with Gasteiger partial charge in [-0.2, -0.15) is 0 Å². The Bertz CT molecular complexity index is 1060. The Balaban J connectivity index is 1.49. The van der Waals surface area contributed by atoms with Crippen molar-refractivity contribution in [3.8, 4) is 11.5 Å². The molecule has 0 radical (unpaired) electrons. The predicted octanol–water partition coefficient (Wildman–Crippen LogP) is 4.99. The molecule has 0 spiro atoms. The highest BCUT2D eigenvalue weighted by atomic mass is 79.9. The second kappa shape index (κ2) is 10.5. The molecule has 0 aliphatic heterocycles. The van der Waals surface area contributed by atoms with Crippen molar-refractivity contribution < 1.29 is 28.6 Å². The molecular weight excluding hydrogens is 464 g/mol. The van der Waals surface area contributed by atoms with E-state index in [9.17, 15) is 14.4 Å². The van der Waals surface area contributed by atoms with Crippen LogP contribution in [0.15, 0.2) is 77.3 Å². The van der Waals surface area contributed by atoms with Crippen LogP contribution in [0.1, 0.15) is 33.2 Å². The average Bonchev–Trinajstić information content (AvgIpc) is 2.77. The molecule has 0 unspecified atom stereocenters. The van der Waals surface area contributed by atoms with Gasteiger partial charge in [0.15, 0.2) is 12.4 Å². The SMILES string of the molecule is CC(=O)Oc1ccc(C(=O)COC(=O)c2ccc(COc3ccc(Br)cc3)cc2)cc1. The smallest absolute Gasteiger partial charge is 0.338 e. The molecule has 0 heterocycles. The number of hydrogen-bond donors (Lipinski definition) is 0. The van der Waals surface area contributed by atoms with Crippen molar-refractivity contribution in [2.75, 3.05) is 6.61 Å². The maximum absolute atomic E-state index is 12.2. The molecule has 0 saturated carbocycles. The lowest BCUT2D eigenvalue weighted by Gasteiger charge is -2.08. The summed E-state index contributed by atoms with van der Waals surface area (Å²) in [5, 5.41) is 0. The Kier molecular flexibility index (Phi) is 7.56. The number of ketones is 1. The van der Waals surface area contributed by atoms with Crippen molar-refractivity contribution in [2.45, 2.75) is 13.5 Å². The van der Waals surface area contributed by atoms with Crippen LogP contribution in [-0.2, 0) is 16.1 Å². The van der Waals surface area contributed by atoms with Crippen LogP contribution in [0.25, 0.3) is 0 Å². The highest BCUT2D eigenvalue weighted by molar-refractivity contribution is 9.10. The Morgan fingerprint density at radius 2 is 1.35 bits per heavy atom. The number of halogens is 1. The first-order chi connectivity index (χ1) is 14.9. The number of carbonyl (C=O) groups excluding carboxylic acids is 3. The van der Waals surface area contributed by atoms with Gasteiger partial charge in [-0.3, -0.25) is 9.59 Å². The van der Waals surface area contributed by atoms with Crippen molar-refractivity contribution in [1.82, 2.24) is 0 Å². The summed E-state index contributed by atoms with van der Waals surface area (Å²) in [5.74, 6) is -0.317. The quantitative estimate of drug-likeness (QED) is 0.255. The molecule has 0 aromatic heterocycles. The third-order valence-electron chi connectivity index (χ3n) is 4.18. The van der Waals surface area contributed by atoms with Gasteiger partial charge in [0.25, 0.3) is 0 Å². The van der Waals surface area contributed by atoms with E-state index >= 15 is 0 Å². The van der Waals surface area contributed by atoms with E-state index in [1.807, 2.05) is 24.3 Å². The fourth-order valence-electron chi connectivity index (χ4n) is 2.61. The van der Waals surface area contributed by atoms with Crippen LogP contribution in [0.3, 0.4) is 0 Å². The number of benzene rings is 3. The topological polar surface area (TPSA) is 78.9 Å². The maximum Gasteiger partial charge on any atom is 0.338 e. The number of ether oxygens (including phenoxy) is 3. The highest BCUT2D eigenvalue weighted by Gasteiger charge is 2.12. The van der Waals surface area contributed by atoms with E-state index in [2.05, 4.69) is 15.9 Å². The molecule has 0 N–H and O–H groups in total. The van der Waals surface area contributed by atoms with Crippen molar-refractivity contribution in [1.29, 1.82) is 0 Å². The van der Waals surface area contributed by atoms with Gasteiger partial charge >= 0.3 is 11.9 Å². The molecule has 0 aliphatic rings. The minimum atomic E-state index is -0.592. The number of Topliss-reactive ketones (excluding diaryl/α,β-unsaturated/α-hetero) is 1. The lowest BCUT2D eigenvalue weighted by Crippen LogP contribution is -2.14. The summed E-state index contributed by atoms with van der Waals surface area (Å²) in [6.07, 6.45) is 0. The second-order valence-corrected chi connectivity index (χ2v) is 7.47. The molecule has 0 bridgehead atoms. The third-order valence-corrected chi connectivity index (χ3v) is 4.71. The zero-order chi connectivity index (χ0) is 22.2. The Morgan fingerprint density at radius 3 is 1.97 bits per heavy atom. The molecule has 3 aromatic carbocycles. The minimum absolute atomic E-state index is 0.338. The van der Waals surface area contributed by atoms with E-state index in [1.54, 1.807) is 24.3 Å². The lowest BCUT2D eigenvalue weighted by atomic mass is 10.1. The highest BCUT2D eigenvalue weighted by Crippen LogP contribution is 2.18. The lowest BCUT2D eigenvalue weighted by molar-refractivity contribution is -0.131. The van der Waals surface area contributed by atoms with Crippen molar-refractivity contribution in [3.05, 3.63) is 94.0 Å². The van der Waals surface area contributed by atoms with Crippen LogP contribution < -0.4 is 9.47 Å². The number of carbonyl (C=O) groups is 3. The largest absolute Gasteiger partial charge is 0.489 e. The van der Waals surface area contributed by atoms with E-state index in [0.29, 0.717) is 23.5 Å². The van der Waals surface area contributed by atoms with Crippen LogP contribution in [0, 0.1) is 0 Å². The molecule has 0 aliphatic carbocycles. The minimum Gasteiger partial charge on any atom is -0.489 e. The molecule has 0 fully saturated rings. The van der Waals surface area contributed by atoms with Gasteiger partial charge in [-0.05, 0) is 66.2 Å². The fourth-order valence-corrected chi connectivity index (χ4v) is 2.87. The molecule has 3 rings (SSSR count). The predicted molar refractivity (Wildman–Crippen MR) is 117 cm³/mol. The molecule has 3 aromatic rings. The molecule has 0 atom stereocenters. The van der Waals surface area contributed by atoms with Crippen molar-refractivity contribution in [2.24, 2.45) is 0 Å². The van der Waals surface area contributed by atoms with Crippen LogP contribution in [0.4, 0.5) is 0 Å². The normalized spacial score (nSPS) is 10.3. The summed E-state index contributed by atoms with van der Waals surface area (Å²) < 4.78 is 16.7. The van der Waals surface area contributed by atoms with E-state index in [1.165, 1.54) is 31.2 Å².